The molecule has 0 saturated carbocycles. The molecule has 1 N–H and O–H groups in total. The molecule has 1 unspecified atom stereocenters. The van der Waals surface area contributed by atoms with E-state index in [1.807, 2.05) is 13.1 Å². The summed E-state index contributed by atoms with van der Waals surface area (Å²) in [6, 6.07) is 11.4. The summed E-state index contributed by atoms with van der Waals surface area (Å²) < 4.78 is 27.6. The van der Waals surface area contributed by atoms with Gasteiger partial charge >= 0.3 is 0 Å². The quantitative estimate of drug-likeness (QED) is 0.841. The average Bonchev–Trinajstić information content (AvgIpc) is 2.44. The molecular weight excluding hydrogens is 292 g/mol. The number of hydrogen-bond acceptors (Lipinski definition) is 1. The molecule has 0 aromatic heterocycles. The van der Waals surface area contributed by atoms with E-state index in [4.69, 9.17) is 11.6 Å². The summed E-state index contributed by atoms with van der Waals surface area (Å²) in [5.74, 6) is -0.408. The lowest BCUT2D eigenvalue weighted by atomic mass is 9.92. The smallest absolute Gasteiger partial charge is 0.127 e. The van der Waals surface area contributed by atoms with E-state index >= 15 is 0 Å². The lowest BCUT2D eigenvalue weighted by Gasteiger charge is -2.17. The predicted octanol–water partition coefficient (Wildman–Crippen LogP) is 4.24. The molecule has 0 amide bonds. The second-order valence-corrected chi connectivity index (χ2v) is 5.60. The second kappa shape index (κ2) is 7.53. The van der Waals surface area contributed by atoms with Crippen LogP contribution in [0.1, 0.15) is 11.1 Å². The van der Waals surface area contributed by atoms with Gasteiger partial charge in [-0.05, 0) is 61.7 Å². The number of halogens is 3. The van der Waals surface area contributed by atoms with Gasteiger partial charge < -0.3 is 5.32 Å². The van der Waals surface area contributed by atoms with Crippen molar-refractivity contribution in [2.45, 2.75) is 12.8 Å². The molecule has 0 radical (unpaired) electrons. The Hall–Kier alpha value is -1.45. The third-order valence-corrected chi connectivity index (χ3v) is 3.72. The molecule has 0 bridgehead atoms. The van der Waals surface area contributed by atoms with Gasteiger partial charge in [-0.25, -0.2) is 8.78 Å². The van der Waals surface area contributed by atoms with E-state index in [1.54, 1.807) is 24.3 Å². The second-order valence-electron chi connectivity index (χ2n) is 5.16. The number of nitrogens with one attached hydrogen (secondary N) is 1. The van der Waals surface area contributed by atoms with Crippen LogP contribution in [0.5, 0.6) is 0 Å². The minimum absolute atomic E-state index is 0.113. The topological polar surface area (TPSA) is 12.0 Å². The maximum absolute atomic E-state index is 13.9. The summed E-state index contributed by atoms with van der Waals surface area (Å²) in [7, 11) is 1.84. The standard InChI is InChI=1S/C17H18ClF2N/c1-21-11-12(8-13-4-2-3-5-16(13)19)9-14-6-7-15(18)10-17(14)20/h2-7,10,12,21H,8-9,11H2,1H3. The summed E-state index contributed by atoms with van der Waals surface area (Å²) >= 11 is 5.76. The zero-order valence-electron chi connectivity index (χ0n) is 11.9. The maximum Gasteiger partial charge on any atom is 0.127 e. The molecule has 0 fully saturated rings. The van der Waals surface area contributed by atoms with Crippen molar-refractivity contribution in [3.8, 4) is 0 Å². The van der Waals surface area contributed by atoms with Gasteiger partial charge in [-0.3, -0.25) is 0 Å². The zero-order chi connectivity index (χ0) is 15.2. The molecule has 0 heterocycles. The van der Waals surface area contributed by atoms with Crippen molar-refractivity contribution in [2.75, 3.05) is 13.6 Å². The molecule has 0 aliphatic carbocycles. The highest BCUT2D eigenvalue weighted by atomic mass is 35.5. The summed E-state index contributed by atoms with van der Waals surface area (Å²) in [5, 5.41) is 3.47. The summed E-state index contributed by atoms with van der Waals surface area (Å²) in [4.78, 5) is 0. The van der Waals surface area contributed by atoms with Crippen LogP contribution in [0, 0.1) is 17.6 Å². The fraction of sp³-hybridized carbons (Fsp3) is 0.294. The van der Waals surface area contributed by atoms with Crippen LogP contribution >= 0.6 is 11.6 Å². The van der Waals surface area contributed by atoms with Crippen LogP contribution in [-0.4, -0.2) is 13.6 Å². The molecule has 112 valence electrons. The highest BCUT2D eigenvalue weighted by Crippen LogP contribution is 2.20. The lowest BCUT2D eigenvalue weighted by Crippen LogP contribution is -2.23. The van der Waals surface area contributed by atoms with Gasteiger partial charge in [0, 0.05) is 5.02 Å². The van der Waals surface area contributed by atoms with Crippen LogP contribution in [-0.2, 0) is 12.8 Å². The van der Waals surface area contributed by atoms with Crippen molar-refractivity contribution in [1.29, 1.82) is 0 Å². The van der Waals surface area contributed by atoms with Crippen LogP contribution in [0.15, 0.2) is 42.5 Å². The summed E-state index contributed by atoms with van der Waals surface area (Å²) in [6.07, 6.45) is 1.10. The molecule has 21 heavy (non-hydrogen) atoms. The largest absolute Gasteiger partial charge is 0.319 e. The van der Waals surface area contributed by atoms with Crippen LogP contribution in [0.25, 0.3) is 0 Å². The van der Waals surface area contributed by atoms with Gasteiger partial charge in [0.1, 0.15) is 11.6 Å². The van der Waals surface area contributed by atoms with Crippen LogP contribution in [0.2, 0.25) is 5.02 Å². The van der Waals surface area contributed by atoms with Crippen molar-refractivity contribution < 1.29 is 8.78 Å². The number of benzene rings is 2. The Bertz CT molecular complexity index is 601. The van der Waals surface area contributed by atoms with E-state index in [0.29, 0.717) is 35.5 Å². The van der Waals surface area contributed by atoms with E-state index in [0.717, 1.165) is 0 Å². The molecule has 2 aromatic rings. The van der Waals surface area contributed by atoms with E-state index in [1.165, 1.54) is 12.1 Å². The highest BCUT2D eigenvalue weighted by Gasteiger charge is 2.15. The van der Waals surface area contributed by atoms with Gasteiger partial charge in [0.05, 0.1) is 0 Å². The van der Waals surface area contributed by atoms with E-state index in [-0.39, 0.29) is 17.6 Å². The molecule has 4 heteroatoms. The first-order chi connectivity index (χ1) is 10.1. The Morgan fingerprint density at radius 2 is 1.67 bits per heavy atom. The van der Waals surface area contributed by atoms with Gasteiger partial charge in [0.2, 0.25) is 0 Å². The van der Waals surface area contributed by atoms with Crippen molar-refractivity contribution in [2.24, 2.45) is 5.92 Å². The third-order valence-electron chi connectivity index (χ3n) is 3.48. The van der Waals surface area contributed by atoms with Crippen LogP contribution < -0.4 is 5.32 Å². The molecule has 0 saturated heterocycles. The molecule has 2 rings (SSSR count). The fourth-order valence-electron chi connectivity index (χ4n) is 2.48. The molecular formula is C17H18ClF2N. The Morgan fingerprint density at radius 1 is 1.00 bits per heavy atom. The minimum Gasteiger partial charge on any atom is -0.319 e. The Morgan fingerprint density at radius 3 is 2.29 bits per heavy atom. The molecule has 1 nitrogen and oxygen atoms in total. The van der Waals surface area contributed by atoms with E-state index in [9.17, 15) is 8.78 Å². The Balaban J connectivity index is 2.14. The Labute approximate surface area is 128 Å². The number of hydrogen-bond donors (Lipinski definition) is 1. The third kappa shape index (κ3) is 4.51. The molecule has 0 aliphatic rings. The molecule has 0 spiro atoms. The molecule has 1 atom stereocenters. The average molecular weight is 310 g/mol. The van der Waals surface area contributed by atoms with Crippen LogP contribution in [0.3, 0.4) is 0 Å². The zero-order valence-corrected chi connectivity index (χ0v) is 12.6. The first-order valence-corrected chi connectivity index (χ1v) is 7.30. The fourth-order valence-corrected chi connectivity index (χ4v) is 2.64. The maximum atomic E-state index is 13.9. The lowest BCUT2D eigenvalue weighted by molar-refractivity contribution is 0.469. The van der Waals surface area contributed by atoms with E-state index < -0.39 is 0 Å². The number of rotatable bonds is 6. The highest BCUT2D eigenvalue weighted by molar-refractivity contribution is 6.30. The van der Waals surface area contributed by atoms with Gasteiger partial charge in [0.15, 0.2) is 0 Å². The van der Waals surface area contributed by atoms with Crippen molar-refractivity contribution in [3.63, 3.8) is 0 Å². The first-order valence-electron chi connectivity index (χ1n) is 6.92. The van der Waals surface area contributed by atoms with Crippen molar-refractivity contribution in [3.05, 3.63) is 70.2 Å². The van der Waals surface area contributed by atoms with Crippen LogP contribution in [0.4, 0.5) is 8.78 Å². The van der Waals surface area contributed by atoms with E-state index in [2.05, 4.69) is 5.32 Å². The Kier molecular flexibility index (Phi) is 5.71. The van der Waals surface area contributed by atoms with Gasteiger partial charge in [-0.15, -0.1) is 0 Å². The predicted molar refractivity (Wildman–Crippen MR) is 82.6 cm³/mol. The molecule has 2 aromatic carbocycles. The minimum atomic E-state index is -0.308. The first kappa shape index (κ1) is 15.9. The van der Waals surface area contributed by atoms with Crippen molar-refractivity contribution >= 4 is 11.6 Å². The monoisotopic (exact) mass is 309 g/mol. The summed E-state index contributed by atoms with van der Waals surface area (Å²) in [6.45, 7) is 0.691. The van der Waals surface area contributed by atoms with Gasteiger partial charge in [0.25, 0.3) is 0 Å². The van der Waals surface area contributed by atoms with Crippen molar-refractivity contribution in [1.82, 2.24) is 5.32 Å². The normalized spacial score (nSPS) is 12.4. The molecule has 0 aliphatic heterocycles. The SMILES string of the molecule is CNCC(Cc1ccccc1F)Cc1ccc(Cl)cc1F. The van der Waals surface area contributed by atoms with Gasteiger partial charge in [-0.2, -0.15) is 0 Å². The van der Waals surface area contributed by atoms with Gasteiger partial charge in [-0.1, -0.05) is 35.9 Å². The summed E-state index contributed by atoms with van der Waals surface area (Å²) in [5.41, 5.74) is 1.27.